The zero-order valence-electron chi connectivity index (χ0n) is 11.8. The minimum Gasteiger partial charge on any atom is -0.399 e. The molecule has 2 heterocycles. The molecule has 2 aromatic rings. The Labute approximate surface area is 129 Å². The number of anilines is 1. The molecule has 1 aliphatic heterocycles. The highest BCUT2D eigenvalue weighted by molar-refractivity contribution is 7.89. The highest BCUT2D eigenvalue weighted by Crippen LogP contribution is 2.38. The van der Waals surface area contributed by atoms with Gasteiger partial charge >= 0.3 is 0 Å². The minimum absolute atomic E-state index is 0.0447. The van der Waals surface area contributed by atoms with Crippen molar-refractivity contribution >= 4 is 27.0 Å². The fraction of sp³-hybridized carbons (Fsp3) is 0.333. The van der Waals surface area contributed by atoms with Crippen molar-refractivity contribution in [3.8, 4) is 0 Å². The summed E-state index contributed by atoms with van der Waals surface area (Å²) in [4.78, 5) is 1.40. The third-order valence-corrected chi connectivity index (χ3v) is 6.61. The van der Waals surface area contributed by atoms with Gasteiger partial charge in [-0.1, -0.05) is 6.07 Å². The average molecular weight is 322 g/mol. The summed E-state index contributed by atoms with van der Waals surface area (Å²) < 4.78 is 27.5. The number of hydrogen-bond acceptors (Lipinski definition) is 4. The van der Waals surface area contributed by atoms with E-state index < -0.39 is 10.0 Å². The molecule has 1 aromatic carbocycles. The quantitative estimate of drug-likeness (QED) is 0.883. The molecule has 1 atom stereocenters. The maximum absolute atomic E-state index is 12.9. The summed E-state index contributed by atoms with van der Waals surface area (Å²) in [5, 5.41) is 1.99. The molecule has 1 aliphatic rings. The van der Waals surface area contributed by atoms with Crippen molar-refractivity contribution in [3.05, 3.63) is 46.2 Å². The lowest BCUT2D eigenvalue weighted by Gasteiger charge is -2.23. The predicted octanol–water partition coefficient (Wildman–Crippen LogP) is 3.16. The Kier molecular flexibility index (Phi) is 3.77. The second-order valence-electron chi connectivity index (χ2n) is 5.37. The van der Waals surface area contributed by atoms with E-state index in [-0.39, 0.29) is 6.04 Å². The maximum Gasteiger partial charge on any atom is 0.243 e. The molecule has 1 unspecified atom stereocenters. The summed E-state index contributed by atoms with van der Waals surface area (Å²) in [6.45, 7) is 2.43. The van der Waals surface area contributed by atoms with Crippen LogP contribution < -0.4 is 5.73 Å². The van der Waals surface area contributed by atoms with Gasteiger partial charge in [-0.05, 0) is 55.0 Å². The topological polar surface area (TPSA) is 63.4 Å². The van der Waals surface area contributed by atoms with E-state index in [0.29, 0.717) is 17.1 Å². The summed E-state index contributed by atoms with van der Waals surface area (Å²) in [6, 6.07) is 8.94. The number of rotatable bonds is 3. The van der Waals surface area contributed by atoms with Gasteiger partial charge in [0.05, 0.1) is 10.9 Å². The van der Waals surface area contributed by atoms with Crippen LogP contribution in [-0.4, -0.2) is 19.3 Å². The molecule has 112 valence electrons. The second-order valence-corrected chi connectivity index (χ2v) is 8.24. The van der Waals surface area contributed by atoms with Gasteiger partial charge in [-0.25, -0.2) is 8.42 Å². The highest BCUT2D eigenvalue weighted by atomic mass is 32.2. The largest absolute Gasteiger partial charge is 0.399 e. The SMILES string of the molecule is Cc1cc(N)cc(S(=O)(=O)N2CCCC2c2cccs2)c1. The lowest BCUT2D eigenvalue weighted by molar-refractivity contribution is 0.401. The second kappa shape index (κ2) is 5.44. The molecule has 6 heteroatoms. The van der Waals surface area contributed by atoms with Crippen LogP contribution in [0.1, 0.15) is 29.3 Å². The third kappa shape index (κ3) is 2.71. The van der Waals surface area contributed by atoms with Gasteiger partial charge in [-0.2, -0.15) is 4.31 Å². The van der Waals surface area contributed by atoms with E-state index in [1.807, 2.05) is 24.4 Å². The molecule has 3 rings (SSSR count). The number of nitrogens with two attached hydrogens (primary N) is 1. The van der Waals surface area contributed by atoms with Crippen LogP contribution in [0.25, 0.3) is 0 Å². The summed E-state index contributed by atoms with van der Waals surface area (Å²) in [5.74, 6) is 0. The zero-order chi connectivity index (χ0) is 15.0. The Morgan fingerprint density at radius 3 is 2.81 bits per heavy atom. The van der Waals surface area contributed by atoms with Gasteiger partial charge in [0, 0.05) is 17.1 Å². The van der Waals surface area contributed by atoms with E-state index in [1.165, 1.54) is 0 Å². The zero-order valence-corrected chi connectivity index (χ0v) is 13.5. The van der Waals surface area contributed by atoms with Crippen LogP contribution in [0, 0.1) is 6.92 Å². The first-order valence-electron chi connectivity index (χ1n) is 6.91. The van der Waals surface area contributed by atoms with E-state index in [2.05, 4.69) is 0 Å². The van der Waals surface area contributed by atoms with Crippen LogP contribution in [-0.2, 0) is 10.0 Å². The van der Waals surface area contributed by atoms with Crippen molar-refractivity contribution in [2.75, 3.05) is 12.3 Å². The molecule has 0 aliphatic carbocycles. The van der Waals surface area contributed by atoms with Crippen LogP contribution in [0.4, 0.5) is 5.69 Å². The van der Waals surface area contributed by atoms with E-state index in [0.717, 1.165) is 23.3 Å². The summed E-state index contributed by atoms with van der Waals surface area (Å²) in [6.07, 6.45) is 1.77. The first-order valence-corrected chi connectivity index (χ1v) is 9.23. The van der Waals surface area contributed by atoms with Gasteiger partial charge in [0.15, 0.2) is 0 Å². The summed E-state index contributed by atoms with van der Waals surface area (Å²) >= 11 is 1.61. The Morgan fingerprint density at radius 1 is 1.33 bits per heavy atom. The van der Waals surface area contributed by atoms with E-state index in [4.69, 9.17) is 5.73 Å². The van der Waals surface area contributed by atoms with Crippen LogP contribution in [0.15, 0.2) is 40.6 Å². The fourth-order valence-electron chi connectivity index (χ4n) is 2.85. The van der Waals surface area contributed by atoms with Crippen molar-refractivity contribution in [2.24, 2.45) is 0 Å². The number of sulfonamides is 1. The standard InChI is InChI=1S/C15H18N2O2S2/c1-11-8-12(16)10-13(9-11)21(18,19)17-6-2-4-14(17)15-5-3-7-20-15/h3,5,7-10,14H,2,4,6,16H2,1H3. The van der Waals surface area contributed by atoms with Crippen LogP contribution in [0.3, 0.4) is 0 Å². The molecule has 0 amide bonds. The van der Waals surface area contributed by atoms with Crippen molar-refractivity contribution in [1.82, 2.24) is 4.31 Å². The van der Waals surface area contributed by atoms with Crippen molar-refractivity contribution in [2.45, 2.75) is 30.7 Å². The third-order valence-electron chi connectivity index (χ3n) is 3.76. The van der Waals surface area contributed by atoms with Gasteiger partial charge < -0.3 is 5.73 Å². The molecule has 1 saturated heterocycles. The first kappa shape index (κ1) is 14.6. The molecule has 1 fully saturated rings. The molecule has 21 heavy (non-hydrogen) atoms. The average Bonchev–Trinajstić information content (AvgIpc) is 3.08. The van der Waals surface area contributed by atoms with Gasteiger partial charge in [-0.15, -0.1) is 11.3 Å². The lowest BCUT2D eigenvalue weighted by atomic mass is 10.2. The van der Waals surface area contributed by atoms with Crippen LogP contribution in [0.5, 0.6) is 0 Å². The Bertz CT molecular complexity index is 719. The number of nitrogen functional groups attached to an aromatic ring is 1. The number of aryl methyl sites for hydroxylation is 1. The molecule has 0 bridgehead atoms. The van der Waals surface area contributed by atoms with E-state index in [9.17, 15) is 8.42 Å². The maximum atomic E-state index is 12.9. The monoisotopic (exact) mass is 322 g/mol. The van der Waals surface area contributed by atoms with Crippen molar-refractivity contribution < 1.29 is 8.42 Å². The molecule has 0 radical (unpaired) electrons. The minimum atomic E-state index is -3.50. The summed E-state index contributed by atoms with van der Waals surface area (Å²) in [5.41, 5.74) is 7.15. The fourth-order valence-corrected chi connectivity index (χ4v) is 5.61. The first-order chi connectivity index (χ1) is 9.98. The smallest absolute Gasteiger partial charge is 0.243 e. The molecule has 0 spiro atoms. The van der Waals surface area contributed by atoms with Gasteiger partial charge in [0.1, 0.15) is 0 Å². The molecular formula is C15H18N2O2S2. The Hall–Kier alpha value is -1.37. The summed E-state index contributed by atoms with van der Waals surface area (Å²) in [7, 11) is -3.50. The van der Waals surface area contributed by atoms with Gasteiger partial charge in [-0.3, -0.25) is 0 Å². The van der Waals surface area contributed by atoms with Crippen LogP contribution in [0.2, 0.25) is 0 Å². The molecular weight excluding hydrogens is 304 g/mol. The van der Waals surface area contributed by atoms with E-state index in [1.54, 1.807) is 33.8 Å². The molecule has 4 nitrogen and oxygen atoms in total. The number of hydrogen-bond donors (Lipinski definition) is 1. The normalized spacial score (nSPS) is 20.0. The molecule has 1 aromatic heterocycles. The predicted molar refractivity (Wildman–Crippen MR) is 85.8 cm³/mol. The van der Waals surface area contributed by atoms with Gasteiger partial charge in [0.25, 0.3) is 0 Å². The molecule has 2 N–H and O–H groups in total. The number of nitrogens with zero attached hydrogens (tertiary/aromatic N) is 1. The number of thiophene rings is 1. The molecule has 0 saturated carbocycles. The van der Waals surface area contributed by atoms with Gasteiger partial charge in [0.2, 0.25) is 10.0 Å². The van der Waals surface area contributed by atoms with Crippen LogP contribution >= 0.6 is 11.3 Å². The lowest BCUT2D eigenvalue weighted by Crippen LogP contribution is -2.30. The Morgan fingerprint density at radius 2 is 2.14 bits per heavy atom. The van der Waals surface area contributed by atoms with Crippen molar-refractivity contribution in [1.29, 1.82) is 0 Å². The van der Waals surface area contributed by atoms with E-state index >= 15 is 0 Å². The number of benzene rings is 1. The highest BCUT2D eigenvalue weighted by Gasteiger charge is 2.36. The van der Waals surface area contributed by atoms with Crippen molar-refractivity contribution in [3.63, 3.8) is 0 Å². The Balaban J connectivity index is 2.01.